The Labute approximate surface area is 155 Å². The Hall–Kier alpha value is -2.31. The SMILES string of the molecule is FC(F)(F)c1ccccc1COC[C@H]1CNC[C@@H]1c1c[nH]c2ccccc12. The van der Waals surface area contributed by atoms with Crippen LogP contribution in [0, 0.1) is 5.92 Å². The molecule has 142 valence electrons. The van der Waals surface area contributed by atoms with Gasteiger partial charge in [0.1, 0.15) is 0 Å². The van der Waals surface area contributed by atoms with Gasteiger partial charge in [0.05, 0.1) is 18.8 Å². The zero-order chi connectivity index (χ0) is 18.9. The van der Waals surface area contributed by atoms with Crippen molar-refractivity contribution in [3.63, 3.8) is 0 Å². The molecule has 0 amide bonds. The molecule has 0 aliphatic carbocycles. The van der Waals surface area contributed by atoms with Crippen LogP contribution in [-0.2, 0) is 17.5 Å². The molecular formula is C21H21F3N2O. The predicted octanol–water partition coefficient (Wildman–Crippen LogP) is 4.71. The summed E-state index contributed by atoms with van der Waals surface area (Å²) in [6, 6.07) is 13.7. The van der Waals surface area contributed by atoms with E-state index in [0.29, 0.717) is 6.61 Å². The second-order valence-corrected chi connectivity index (χ2v) is 6.98. The molecule has 1 aliphatic heterocycles. The van der Waals surface area contributed by atoms with Crippen LogP contribution in [-0.4, -0.2) is 24.7 Å². The Balaban J connectivity index is 1.44. The highest BCUT2D eigenvalue weighted by molar-refractivity contribution is 5.83. The first-order valence-corrected chi connectivity index (χ1v) is 9.03. The first-order chi connectivity index (χ1) is 13.0. The number of nitrogens with one attached hydrogen (secondary N) is 2. The fourth-order valence-corrected chi connectivity index (χ4v) is 3.92. The van der Waals surface area contributed by atoms with E-state index in [2.05, 4.69) is 16.4 Å². The largest absolute Gasteiger partial charge is 0.416 e. The maximum absolute atomic E-state index is 13.1. The van der Waals surface area contributed by atoms with Gasteiger partial charge in [-0.1, -0.05) is 36.4 Å². The molecule has 3 aromatic rings. The molecule has 0 saturated carbocycles. The van der Waals surface area contributed by atoms with Gasteiger partial charge in [0, 0.05) is 42.0 Å². The molecule has 0 unspecified atom stereocenters. The van der Waals surface area contributed by atoms with Crippen LogP contribution in [0.5, 0.6) is 0 Å². The number of H-pyrrole nitrogens is 1. The number of aromatic nitrogens is 1. The summed E-state index contributed by atoms with van der Waals surface area (Å²) in [6.07, 6.45) is -2.32. The van der Waals surface area contributed by atoms with Crippen LogP contribution in [0.2, 0.25) is 0 Å². The van der Waals surface area contributed by atoms with Gasteiger partial charge in [0.2, 0.25) is 0 Å². The van der Waals surface area contributed by atoms with Crippen molar-refractivity contribution in [3.8, 4) is 0 Å². The van der Waals surface area contributed by atoms with Crippen molar-refractivity contribution in [1.29, 1.82) is 0 Å². The van der Waals surface area contributed by atoms with Crippen molar-refractivity contribution in [2.75, 3.05) is 19.7 Å². The van der Waals surface area contributed by atoms with Gasteiger partial charge in [0.25, 0.3) is 0 Å². The normalized spacial score (nSPS) is 20.4. The van der Waals surface area contributed by atoms with E-state index in [1.165, 1.54) is 23.1 Å². The smallest absolute Gasteiger partial charge is 0.376 e. The van der Waals surface area contributed by atoms with Gasteiger partial charge in [-0.2, -0.15) is 13.2 Å². The number of alkyl halides is 3. The molecule has 6 heteroatoms. The van der Waals surface area contributed by atoms with Gasteiger partial charge in [-0.3, -0.25) is 0 Å². The molecule has 0 radical (unpaired) electrons. The van der Waals surface area contributed by atoms with Crippen molar-refractivity contribution in [1.82, 2.24) is 10.3 Å². The summed E-state index contributed by atoms with van der Waals surface area (Å²) in [6.45, 7) is 2.02. The molecule has 3 nitrogen and oxygen atoms in total. The molecule has 27 heavy (non-hydrogen) atoms. The van der Waals surface area contributed by atoms with Crippen LogP contribution in [0.25, 0.3) is 10.9 Å². The summed E-state index contributed by atoms with van der Waals surface area (Å²) in [5.41, 5.74) is 1.89. The maximum Gasteiger partial charge on any atom is 0.416 e. The van der Waals surface area contributed by atoms with E-state index in [0.717, 1.165) is 24.7 Å². The van der Waals surface area contributed by atoms with Crippen molar-refractivity contribution in [2.45, 2.75) is 18.7 Å². The molecule has 1 saturated heterocycles. The number of ether oxygens (including phenoxy) is 1. The van der Waals surface area contributed by atoms with Gasteiger partial charge in [0.15, 0.2) is 0 Å². The number of benzene rings is 2. The Kier molecular flexibility index (Phi) is 4.93. The molecule has 2 N–H and O–H groups in total. The van der Waals surface area contributed by atoms with E-state index in [9.17, 15) is 13.2 Å². The summed E-state index contributed by atoms with van der Waals surface area (Å²) in [5.74, 6) is 0.501. The molecule has 2 aromatic carbocycles. The van der Waals surface area contributed by atoms with E-state index in [1.54, 1.807) is 6.07 Å². The van der Waals surface area contributed by atoms with Gasteiger partial charge >= 0.3 is 6.18 Å². The molecule has 2 atom stereocenters. The molecule has 0 bridgehead atoms. The summed E-state index contributed by atoms with van der Waals surface area (Å²) in [4.78, 5) is 3.30. The van der Waals surface area contributed by atoms with Crippen LogP contribution in [0.4, 0.5) is 13.2 Å². The topological polar surface area (TPSA) is 37.0 Å². The Morgan fingerprint density at radius 2 is 1.78 bits per heavy atom. The Morgan fingerprint density at radius 1 is 1.00 bits per heavy atom. The molecule has 4 rings (SSSR count). The average molecular weight is 374 g/mol. The van der Waals surface area contributed by atoms with E-state index >= 15 is 0 Å². The highest BCUT2D eigenvalue weighted by atomic mass is 19.4. The van der Waals surface area contributed by atoms with Crippen LogP contribution < -0.4 is 5.32 Å². The van der Waals surface area contributed by atoms with Crippen molar-refractivity contribution < 1.29 is 17.9 Å². The first kappa shape index (κ1) is 18.1. The third-order valence-electron chi connectivity index (χ3n) is 5.27. The minimum atomic E-state index is -4.36. The number of hydrogen-bond donors (Lipinski definition) is 2. The van der Waals surface area contributed by atoms with Crippen LogP contribution in [0.1, 0.15) is 22.6 Å². The molecule has 0 spiro atoms. The minimum absolute atomic E-state index is 0.0349. The highest BCUT2D eigenvalue weighted by Gasteiger charge is 2.33. The fourth-order valence-electron chi connectivity index (χ4n) is 3.92. The third kappa shape index (κ3) is 3.73. The molecule has 1 aromatic heterocycles. The van der Waals surface area contributed by atoms with Gasteiger partial charge in [-0.05, 0) is 23.3 Å². The highest BCUT2D eigenvalue weighted by Crippen LogP contribution is 2.34. The summed E-state index contributed by atoms with van der Waals surface area (Å²) < 4.78 is 45.0. The molecule has 2 heterocycles. The second-order valence-electron chi connectivity index (χ2n) is 6.98. The number of fused-ring (bicyclic) bond motifs is 1. The maximum atomic E-state index is 13.1. The summed E-state index contributed by atoms with van der Waals surface area (Å²) in [5, 5.41) is 4.58. The zero-order valence-corrected chi connectivity index (χ0v) is 14.7. The lowest BCUT2D eigenvalue weighted by Crippen LogP contribution is -2.18. The number of aromatic amines is 1. The lowest BCUT2D eigenvalue weighted by atomic mass is 9.89. The van der Waals surface area contributed by atoms with Crippen molar-refractivity contribution >= 4 is 10.9 Å². The summed E-state index contributed by atoms with van der Waals surface area (Å²) >= 11 is 0. The third-order valence-corrected chi connectivity index (χ3v) is 5.27. The molecule has 1 aliphatic rings. The van der Waals surface area contributed by atoms with Crippen LogP contribution in [0.3, 0.4) is 0 Å². The average Bonchev–Trinajstić information content (AvgIpc) is 3.27. The summed E-state index contributed by atoms with van der Waals surface area (Å²) in [7, 11) is 0. The van der Waals surface area contributed by atoms with E-state index in [4.69, 9.17) is 4.74 Å². The minimum Gasteiger partial charge on any atom is -0.376 e. The van der Waals surface area contributed by atoms with Crippen molar-refractivity contribution in [3.05, 3.63) is 71.4 Å². The zero-order valence-electron chi connectivity index (χ0n) is 14.7. The lowest BCUT2D eigenvalue weighted by Gasteiger charge is -2.19. The van der Waals surface area contributed by atoms with E-state index in [1.807, 2.05) is 24.4 Å². The number of halogens is 3. The van der Waals surface area contributed by atoms with Gasteiger partial charge in [-0.15, -0.1) is 0 Å². The van der Waals surface area contributed by atoms with Crippen LogP contribution >= 0.6 is 0 Å². The van der Waals surface area contributed by atoms with Gasteiger partial charge < -0.3 is 15.0 Å². The number of rotatable bonds is 5. The van der Waals surface area contributed by atoms with E-state index in [-0.39, 0.29) is 24.0 Å². The van der Waals surface area contributed by atoms with E-state index < -0.39 is 11.7 Å². The van der Waals surface area contributed by atoms with Crippen molar-refractivity contribution in [2.24, 2.45) is 5.92 Å². The Bertz CT molecular complexity index is 919. The first-order valence-electron chi connectivity index (χ1n) is 9.03. The van der Waals surface area contributed by atoms with Gasteiger partial charge in [-0.25, -0.2) is 0 Å². The number of para-hydroxylation sites is 1. The standard InChI is InChI=1S/C21H21F3N2O/c22-21(23,24)19-7-3-1-5-14(19)12-27-13-15-9-25-10-17(15)18-11-26-20-8-4-2-6-16(18)20/h1-8,11,15,17,25-26H,9-10,12-13H2/t15-,17+/m1/s1. The molecular weight excluding hydrogens is 353 g/mol. The second kappa shape index (κ2) is 7.37. The van der Waals surface area contributed by atoms with Crippen LogP contribution in [0.15, 0.2) is 54.7 Å². The number of hydrogen-bond acceptors (Lipinski definition) is 2. The molecule has 1 fully saturated rings. The lowest BCUT2D eigenvalue weighted by molar-refractivity contribution is -0.139. The monoisotopic (exact) mass is 374 g/mol. The fraction of sp³-hybridized carbons (Fsp3) is 0.333. The quantitative estimate of drug-likeness (QED) is 0.679. The predicted molar refractivity (Wildman–Crippen MR) is 98.5 cm³/mol. The Morgan fingerprint density at radius 3 is 2.63 bits per heavy atom.